The van der Waals surface area contributed by atoms with Crippen LogP contribution in [-0.2, 0) is 18.3 Å². The maximum Gasteiger partial charge on any atom is 0.00914 e. The normalized spacial score (nSPS) is 16.4. The zero-order valence-corrected chi connectivity index (χ0v) is 18.1. The van der Waals surface area contributed by atoms with Crippen LogP contribution in [0, 0.1) is 0 Å². The van der Waals surface area contributed by atoms with Crippen molar-refractivity contribution in [1.82, 2.24) is 10.2 Å². The Morgan fingerprint density at radius 3 is 2.14 bits per heavy atom. The van der Waals surface area contributed by atoms with Gasteiger partial charge in [0.2, 0.25) is 0 Å². The lowest BCUT2D eigenvalue weighted by Crippen LogP contribution is -2.43. The molecular formula is C26H38N2. The monoisotopic (exact) mass is 378 g/mol. The Bertz CT molecular complexity index is 677. The number of rotatable bonds is 8. The third kappa shape index (κ3) is 6.76. The maximum atomic E-state index is 3.78. The van der Waals surface area contributed by atoms with Gasteiger partial charge in [0, 0.05) is 12.6 Å². The highest BCUT2D eigenvalue weighted by Crippen LogP contribution is 2.22. The van der Waals surface area contributed by atoms with Crippen molar-refractivity contribution in [3.8, 4) is 0 Å². The molecule has 2 aromatic carbocycles. The summed E-state index contributed by atoms with van der Waals surface area (Å²) in [5.74, 6) is 0. The van der Waals surface area contributed by atoms with Crippen molar-refractivity contribution in [2.24, 2.45) is 0 Å². The predicted octanol–water partition coefficient (Wildman–Crippen LogP) is 5.21. The van der Waals surface area contributed by atoms with Gasteiger partial charge < -0.3 is 10.2 Å². The number of likely N-dealkylation sites (tertiary alicyclic amines) is 1. The van der Waals surface area contributed by atoms with E-state index in [9.17, 15) is 0 Å². The summed E-state index contributed by atoms with van der Waals surface area (Å²) >= 11 is 0. The van der Waals surface area contributed by atoms with Gasteiger partial charge in [-0.3, -0.25) is 0 Å². The van der Waals surface area contributed by atoms with Gasteiger partial charge in [0.25, 0.3) is 0 Å². The fraction of sp³-hybridized carbons (Fsp3) is 0.538. The van der Waals surface area contributed by atoms with Gasteiger partial charge in [-0.05, 0) is 73.8 Å². The molecule has 152 valence electrons. The molecule has 1 aliphatic rings. The van der Waals surface area contributed by atoms with E-state index in [0.717, 1.165) is 6.54 Å². The van der Waals surface area contributed by atoms with E-state index in [-0.39, 0.29) is 5.41 Å². The lowest BCUT2D eigenvalue weighted by molar-refractivity contribution is 0.200. The molecule has 2 nitrogen and oxygen atoms in total. The first-order valence-electron chi connectivity index (χ1n) is 11.1. The predicted molar refractivity (Wildman–Crippen MR) is 121 cm³/mol. The molecule has 1 saturated heterocycles. The first-order valence-corrected chi connectivity index (χ1v) is 11.1. The van der Waals surface area contributed by atoms with Gasteiger partial charge in [-0.1, -0.05) is 75.4 Å². The van der Waals surface area contributed by atoms with Gasteiger partial charge in [-0.25, -0.2) is 0 Å². The summed E-state index contributed by atoms with van der Waals surface area (Å²) in [5, 5.41) is 3.78. The first kappa shape index (κ1) is 21.1. The standard InChI is InChI=1S/C26H38N2/c1-26(2,3)24-13-11-23(12-14-24)15-19-28-20-16-25(17-21-28)27-18-7-10-22-8-5-4-6-9-22/h4-6,8-9,11-14,25,27H,7,10,15-21H2,1-3H3. The van der Waals surface area contributed by atoms with Crippen LogP contribution in [0.5, 0.6) is 0 Å². The van der Waals surface area contributed by atoms with Crippen LogP contribution in [0.15, 0.2) is 54.6 Å². The van der Waals surface area contributed by atoms with Crippen LogP contribution >= 0.6 is 0 Å². The molecule has 0 saturated carbocycles. The van der Waals surface area contributed by atoms with Crippen LogP contribution < -0.4 is 5.32 Å². The SMILES string of the molecule is CC(C)(C)c1ccc(CCN2CCC(NCCCc3ccccc3)CC2)cc1. The highest BCUT2D eigenvalue weighted by atomic mass is 15.1. The molecular weight excluding hydrogens is 340 g/mol. The summed E-state index contributed by atoms with van der Waals surface area (Å²) in [6.45, 7) is 11.6. The van der Waals surface area contributed by atoms with Gasteiger partial charge in [0.15, 0.2) is 0 Å². The third-order valence-electron chi connectivity index (χ3n) is 6.04. The molecule has 0 aromatic heterocycles. The summed E-state index contributed by atoms with van der Waals surface area (Å²) in [4.78, 5) is 2.64. The van der Waals surface area contributed by atoms with E-state index < -0.39 is 0 Å². The summed E-state index contributed by atoms with van der Waals surface area (Å²) < 4.78 is 0. The average molecular weight is 379 g/mol. The van der Waals surface area contributed by atoms with E-state index in [4.69, 9.17) is 0 Å². The van der Waals surface area contributed by atoms with E-state index in [1.54, 1.807) is 0 Å². The molecule has 0 aliphatic carbocycles. The van der Waals surface area contributed by atoms with Crippen LogP contribution in [-0.4, -0.2) is 37.1 Å². The molecule has 1 N–H and O–H groups in total. The van der Waals surface area contributed by atoms with Gasteiger partial charge in [-0.15, -0.1) is 0 Å². The molecule has 1 aliphatic heterocycles. The van der Waals surface area contributed by atoms with Gasteiger partial charge in [0.1, 0.15) is 0 Å². The van der Waals surface area contributed by atoms with Gasteiger partial charge in [-0.2, -0.15) is 0 Å². The zero-order valence-electron chi connectivity index (χ0n) is 18.1. The van der Waals surface area contributed by atoms with Crippen molar-refractivity contribution < 1.29 is 0 Å². The summed E-state index contributed by atoms with van der Waals surface area (Å²) in [7, 11) is 0. The highest BCUT2D eigenvalue weighted by molar-refractivity contribution is 5.27. The molecule has 0 amide bonds. The number of nitrogens with one attached hydrogen (secondary N) is 1. The van der Waals surface area contributed by atoms with Crippen molar-refractivity contribution in [3.63, 3.8) is 0 Å². The number of piperidine rings is 1. The van der Waals surface area contributed by atoms with E-state index in [1.165, 1.54) is 68.4 Å². The highest BCUT2D eigenvalue weighted by Gasteiger charge is 2.18. The summed E-state index contributed by atoms with van der Waals surface area (Å²) in [6.07, 6.45) is 6.15. The minimum Gasteiger partial charge on any atom is -0.314 e. The molecule has 3 rings (SSSR count). The molecule has 1 heterocycles. The lowest BCUT2D eigenvalue weighted by Gasteiger charge is -2.32. The largest absolute Gasteiger partial charge is 0.314 e. The Hall–Kier alpha value is -1.64. The molecule has 0 atom stereocenters. The molecule has 1 fully saturated rings. The van der Waals surface area contributed by atoms with E-state index in [0.29, 0.717) is 6.04 Å². The second-order valence-electron chi connectivity index (χ2n) is 9.36. The minimum atomic E-state index is 0.245. The quantitative estimate of drug-likeness (QED) is 0.634. The van der Waals surface area contributed by atoms with Gasteiger partial charge >= 0.3 is 0 Å². The molecule has 2 heteroatoms. The van der Waals surface area contributed by atoms with E-state index in [2.05, 4.69) is 85.6 Å². The Morgan fingerprint density at radius 1 is 0.857 bits per heavy atom. The Balaban J connectivity index is 1.30. The number of nitrogens with zero attached hydrogens (tertiary/aromatic N) is 1. The topological polar surface area (TPSA) is 15.3 Å². The third-order valence-corrected chi connectivity index (χ3v) is 6.04. The second-order valence-corrected chi connectivity index (χ2v) is 9.36. The van der Waals surface area contributed by atoms with Crippen molar-refractivity contribution in [2.75, 3.05) is 26.2 Å². The Labute approximate surface area is 172 Å². The van der Waals surface area contributed by atoms with Crippen LogP contribution in [0.3, 0.4) is 0 Å². The molecule has 0 radical (unpaired) electrons. The molecule has 0 bridgehead atoms. The molecule has 28 heavy (non-hydrogen) atoms. The lowest BCUT2D eigenvalue weighted by atomic mass is 9.86. The van der Waals surface area contributed by atoms with Gasteiger partial charge in [0.05, 0.1) is 0 Å². The molecule has 2 aromatic rings. The Morgan fingerprint density at radius 2 is 1.50 bits per heavy atom. The summed E-state index contributed by atoms with van der Waals surface area (Å²) in [6, 6.07) is 20.8. The van der Waals surface area contributed by atoms with Crippen LogP contribution in [0.1, 0.15) is 56.7 Å². The van der Waals surface area contributed by atoms with Crippen LogP contribution in [0.2, 0.25) is 0 Å². The fourth-order valence-electron chi connectivity index (χ4n) is 4.06. The van der Waals surface area contributed by atoms with Crippen LogP contribution in [0.25, 0.3) is 0 Å². The average Bonchev–Trinajstić information content (AvgIpc) is 2.71. The molecule has 0 spiro atoms. The number of hydrogen-bond donors (Lipinski definition) is 1. The van der Waals surface area contributed by atoms with Crippen molar-refractivity contribution in [3.05, 3.63) is 71.3 Å². The smallest absolute Gasteiger partial charge is 0.00914 e. The minimum absolute atomic E-state index is 0.245. The number of benzene rings is 2. The van der Waals surface area contributed by atoms with E-state index in [1.807, 2.05) is 0 Å². The van der Waals surface area contributed by atoms with Crippen molar-refractivity contribution in [2.45, 2.75) is 64.3 Å². The zero-order chi connectivity index (χ0) is 19.8. The van der Waals surface area contributed by atoms with Crippen LogP contribution in [0.4, 0.5) is 0 Å². The summed E-state index contributed by atoms with van der Waals surface area (Å²) in [5.41, 5.74) is 4.59. The maximum absolute atomic E-state index is 3.78. The number of hydrogen-bond acceptors (Lipinski definition) is 2. The van der Waals surface area contributed by atoms with Crippen molar-refractivity contribution >= 4 is 0 Å². The van der Waals surface area contributed by atoms with Crippen molar-refractivity contribution in [1.29, 1.82) is 0 Å². The fourth-order valence-corrected chi connectivity index (χ4v) is 4.06. The number of aryl methyl sites for hydroxylation is 1. The molecule has 0 unspecified atom stereocenters. The first-order chi connectivity index (χ1) is 13.5. The van der Waals surface area contributed by atoms with E-state index >= 15 is 0 Å². The Kier molecular flexibility index (Phi) is 7.70. The second kappa shape index (κ2) is 10.2.